The lowest BCUT2D eigenvalue weighted by atomic mass is 10.0. The van der Waals surface area contributed by atoms with Gasteiger partial charge in [0.2, 0.25) is 21.8 Å². The van der Waals surface area contributed by atoms with E-state index in [2.05, 4.69) is 5.32 Å². The van der Waals surface area contributed by atoms with Crippen molar-refractivity contribution in [2.45, 2.75) is 25.6 Å². The largest absolute Gasteiger partial charge is 0.354 e. The van der Waals surface area contributed by atoms with Gasteiger partial charge in [0.15, 0.2) is 0 Å². The van der Waals surface area contributed by atoms with Crippen molar-refractivity contribution in [3.05, 3.63) is 144 Å². The van der Waals surface area contributed by atoms with Crippen LogP contribution < -0.4 is 5.32 Å². The van der Waals surface area contributed by atoms with Crippen LogP contribution in [0.15, 0.2) is 121 Å². The number of nitrogens with one attached hydrogen (secondary N) is 1. The molecule has 0 bridgehead atoms. The third kappa shape index (κ3) is 8.86. The van der Waals surface area contributed by atoms with E-state index in [0.29, 0.717) is 18.5 Å². The van der Waals surface area contributed by atoms with Crippen molar-refractivity contribution in [2.24, 2.45) is 0 Å². The van der Waals surface area contributed by atoms with Crippen LogP contribution in [0.2, 0.25) is 0 Å². The van der Waals surface area contributed by atoms with Crippen LogP contribution in [0, 0.1) is 0 Å². The van der Waals surface area contributed by atoms with Crippen LogP contribution in [0.4, 0.5) is 0 Å². The van der Waals surface area contributed by atoms with Crippen molar-refractivity contribution in [3.63, 3.8) is 0 Å². The van der Waals surface area contributed by atoms with E-state index in [1.165, 1.54) is 4.90 Å². The summed E-state index contributed by atoms with van der Waals surface area (Å²) in [4.78, 5) is 29.3. The fraction of sp³-hybridized carbons (Fsp3) is 0.212. The minimum absolute atomic E-state index is 0.0455. The SMILES string of the molecule is CS(=O)(=O)N(CC(=O)N(Cc1ccccc1)[C@H](C(=O)NCCc1ccccc1)c1ccccc1)Cc1ccccc1. The van der Waals surface area contributed by atoms with E-state index in [9.17, 15) is 18.0 Å². The van der Waals surface area contributed by atoms with Gasteiger partial charge in [-0.1, -0.05) is 121 Å². The van der Waals surface area contributed by atoms with Crippen LogP contribution >= 0.6 is 0 Å². The highest BCUT2D eigenvalue weighted by Gasteiger charge is 2.33. The number of carbonyl (C=O) groups is 2. The first kappa shape index (κ1) is 29.7. The zero-order chi connectivity index (χ0) is 29.1. The number of amides is 2. The normalized spacial score (nSPS) is 12.0. The molecule has 8 heteroatoms. The lowest BCUT2D eigenvalue weighted by Crippen LogP contribution is -2.48. The van der Waals surface area contributed by atoms with Gasteiger partial charge in [-0.3, -0.25) is 9.59 Å². The Balaban J connectivity index is 1.64. The summed E-state index contributed by atoms with van der Waals surface area (Å²) in [6, 6.07) is 36.5. The van der Waals surface area contributed by atoms with Gasteiger partial charge in [0.1, 0.15) is 6.04 Å². The maximum absolute atomic E-state index is 14.0. The standard InChI is InChI=1S/C33H35N3O4S/c1-41(39,40)35(24-28-16-8-3-9-17-28)26-31(37)36(25-29-18-10-4-11-19-29)32(30-20-12-5-13-21-30)33(38)34-23-22-27-14-6-2-7-15-27/h2-21,32H,22-26H2,1H3,(H,34,38)/t32-/m0/s1. The lowest BCUT2D eigenvalue weighted by molar-refractivity contribution is -0.141. The Bertz CT molecular complexity index is 1500. The van der Waals surface area contributed by atoms with E-state index in [1.54, 1.807) is 0 Å². The Morgan fingerprint density at radius 3 is 1.66 bits per heavy atom. The highest BCUT2D eigenvalue weighted by molar-refractivity contribution is 7.88. The number of nitrogens with zero attached hydrogens (tertiary/aromatic N) is 2. The lowest BCUT2D eigenvalue weighted by Gasteiger charge is -2.33. The van der Waals surface area contributed by atoms with Gasteiger partial charge in [0, 0.05) is 19.6 Å². The molecule has 1 N–H and O–H groups in total. The monoisotopic (exact) mass is 569 g/mol. The van der Waals surface area contributed by atoms with E-state index in [4.69, 9.17) is 0 Å². The fourth-order valence-corrected chi connectivity index (χ4v) is 5.33. The van der Waals surface area contributed by atoms with Gasteiger partial charge in [-0.25, -0.2) is 8.42 Å². The van der Waals surface area contributed by atoms with Crippen molar-refractivity contribution in [1.82, 2.24) is 14.5 Å². The highest BCUT2D eigenvalue weighted by atomic mass is 32.2. The number of hydrogen-bond donors (Lipinski definition) is 1. The zero-order valence-corrected chi connectivity index (χ0v) is 23.9. The van der Waals surface area contributed by atoms with E-state index in [1.807, 2.05) is 121 Å². The first-order valence-electron chi connectivity index (χ1n) is 13.5. The Labute approximate surface area is 242 Å². The van der Waals surface area contributed by atoms with Crippen molar-refractivity contribution in [3.8, 4) is 0 Å². The molecule has 0 aromatic heterocycles. The maximum atomic E-state index is 14.0. The Morgan fingerprint density at radius 1 is 0.683 bits per heavy atom. The predicted molar refractivity (Wildman–Crippen MR) is 161 cm³/mol. The summed E-state index contributed by atoms with van der Waals surface area (Å²) in [5, 5.41) is 3.01. The molecule has 0 fully saturated rings. The van der Waals surface area contributed by atoms with Crippen molar-refractivity contribution < 1.29 is 18.0 Å². The average Bonchev–Trinajstić information content (AvgIpc) is 2.98. The van der Waals surface area contributed by atoms with E-state index < -0.39 is 28.5 Å². The van der Waals surface area contributed by atoms with Crippen LogP contribution in [0.3, 0.4) is 0 Å². The quantitative estimate of drug-likeness (QED) is 0.256. The van der Waals surface area contributed by atoms with E-state index in [0.717, 1.165) is 27.3 Å². The molecule has 0 saturated carbocycles. The molecule has 0 aliphatic carbocycles. The van der Waals surface area contributed by atoms with Crippen molar-refractivity contribution >= 4 is 21.8 Å². The summed E-state index contributed by atoms with van der Waals surface area (Å²) in [7, 11) is -3.73. The average molecular weight is 570 g/mol. The molecule has 0 radical (unpaired) electrons. The van der Waals surface area contributed by atoms with Crippen LogP contribution in [0.5, 0.6) is 0 Å². The Morgan fingerprint density at radius 2 is 1.15 bits per heavy atom. The van der Waals surface area contributed by atoms with Gasteiger partial charge in [-0.2, -0.15) is 4.31 Å². The number of rotatable bonds is 13. The minimum Gasteiger partial charge on any atom is -0.354 e. The molecule has 0 aliphatic heterocycles. The third-order valence-electron chi connectivity index (χ3n) is 6.73. The van der Waals surface area contributed by atoms with Crippen LogP contribution in [-0.2, 0) is 39.1 Å². The zero-order valence-electron chi connectivity index (χ0n) is 23.1. The molecule has 41 heavy (non-hydrogen) atoms. The van der Waals surface area contributed by atoms with Gasteiger partial charge in [0.25, 0.3) is 0 Å². The molecule has 4 aromatic rings. The molecule has 212 valence electrons. The van der Waals surface area contributed by atoms with Gasteiger partial charge in [-0.15, -0.1) is 0 Å². The maximum Gasteiger partial charge on any atom is 0.247 e. The fourth-order valence-electron chi connectivity index (χ4n) is 4.60. The third-order valence-corrected chi connectivity index (χ3v) is 7.93. The molecule has 0 spiro atoms. The van der Waals surface area contributed by atoms with Crippen molar-refractivity contribution in [1.29, 1.82) is 0 Å². The van der Waals surface area contributed by atoms with Crippen LogP contribution in [0.25, 0.3) is 0 Å². The first-order chi connectivity index (χ1) is 19.8. The molecule has 0 aliphatic rings. The van der Waals surface area contributed by atoms with Gasteiger partial charge < -0.3 is 10.2 Å². The number of hydrogen-bond acceptors (Lipinski definition) is 4. The molecule has 2 amide bonds. The second-order valence-electron chi connectivity index (χ2n) is 9.86. The van der Waals surface area contributed by atoms with Gasteiger partial charge >= 0.3 is 0 Å². The van der Waals surface area contributed by atoms with E-state index in [-0.39, 0.29) is 19.0 Å². The van der Waals surface area contributed by atoms with Gasteiger partial charge in [-0.05, 0) is 28.7 Å². The molecule has 7 nitrogen and oxygen atoms in total. The molecule has 0 unspecified atom stereocenters. The number of carbonyl (C=O) groups excluding carboxylic acids is 2. The summed E-state index contributed by atoms with van der Waals surface area (Å²) in [6.07, 6.45) is 1.73. The number of sulfonamides is 1. The second-order valence-corrected chi connectivity index (χ2v) is 11.8. The molecule has 4 rings (SSSR count). The smallest absolute Gasteiger partial charge is 0.247 e. The van der Waals surface area contributed by atoms with E-state index >= 15 is 0 Å². The molecular weight excluding hydrogens is 534 g/mol. The molecular formula is C33H35N3O4S. The summed E-state index contributed by atoms with van der Waals surface area (Å²) in [6.45, 7) is 0.169. The summed E-state index contributed by atoms with van der Waals surface area (Å²) >= 11 is 0. The highest BCUT2D eigenvalue weighted by Crippen LogP contribution is 2.25. The number of benzene rings is 4. The molecule has 0 heterocycles. The Hall–Kier alpha value is -4.27. The first-order valence-corrected chi connectivity index (χ1v) is 15.3. The topological polar surface area (TPSA) is 86.8 Å². The summed E-state index contributed by atoms with van der Waals surface area (Å²) < 4.78 is 26.7. The van der Waals surface area contributed by atoms with Crippen molar-refractivity contribution in [2.75, 3.05) is 19.3 Å². The van der Waals surface area contributed by atoms with Crippen LogP contribution in [-0.4, -0.2) is 48.8 Å². The Kier molecular flexibility index (Phi) is 10.4. The predicted octanol–water partition coefficient (Wildman–Crippen LogP) is 4.58. The molecule has 1 atom stereocenters. The van der Waals surface area contributed by atoms with Gasteiger partial charge in [0.05, 0.1) is 12.8 Å². The summed E-state index contributed by atoms with van der Waals surface area (Å²) in [5.74, 6) is -0.798. The second kappa shape index (κ2) is 14.4. The minimum atomic E-state index is -3.73. The summed E-state index contributed by atoms with van der Waals surface area (Å²) in [5.41, 5.74) is 3.32. The molecule has 4 aromatic carbocycles. The molecule has 0 saturated heterocycles. The van der Waals surface area contributed by atoms with Crippen LogP contribution in [0.1, 0.15) is 28.3 Å².